The van der Waals surface area contributed by atoms with E-state index in [1.807, 2.05) is 24.3 Å². The summed E-state index contributed by atoms with van der Waals surface area (Å²) < 4.78 is 42.4. The standard InChI is InChI=1S/C24H25BrF3N3O3/c25-18-5-1-15(2-6-18)11-20(21(29)32)31(14-16-12-30-13-16)22(33)23(9-10-23)17-3-7-19(8-4-17)34-24(26,27)28/h1-8,16,20,30H,9-14H2,(H2,29,32)/t20-/m0/s1. The predicted octanol–water partition coefficient (Wildman–Crippen LogP) is 3.52. The molecule has 182 valence electrons. The van der Waals surface area contributed by atoms with Crippen molar-refractivity contribution in [2.24, 2.45) is 11.7 Å². The molecule has 2 aromatic carbocycles. The lowest BCUT2D eigenvalue weighted by molar-refractivity contribution is -0.274. The molecule has 0 bridgehead atoms. The van der Waals surface area contributed by atoms with Gasteiger partial charge < -0.3 is 20.7 Å². The van der Waals surface area contributed by atoms with E-state index in [4.69, 9.17) is 5.73 Å². The molecular formula is C24H25BrF3N3O3. The van der Waals surface area contributed by atoms with Crippen LogP contribution in [0.5, 0.6) is 5.75 Å². The maximum atomic E-state index is 13.9. The van der Waals surface area contributed by atoms with Crippen molar-refractivity contribution in [2.75, 3.05) is 19.6 Å². The number of halogens is 4. The van der Waals surface area contributed by atoms with Gasteiger partial charge in [-0.05, 0) is 48.2 Å². The first-order valence-corrected chi connectivity index (χ1v) is 11.8. The normalized spacial score (nSPS) is 18.0. The Bertz CT molecular complexity index is 1040. The van der Waals surface area contributed by atoms with E-state index in [2.05, 4.69) is 26.0 Å². The number of amides is 2. The Morgan fingerprint density at radius 3 is 2.21 bits per heavy atom. The van der Waals surface area contributed by atoms with Gasteiger partial charge in [0.1, 0.15) is 11.8 Å². The van der Waals surface area contributed by atoms with Gasteiger partial charge in [0, 0.05) is 36.4 Å². The average Bonchev–Trinajstić information content (AvgIpc) is 3.54. The number of hydrogen-bond donors (Lipinski definition) is 2. The summed E-state index contributed by atoms with van der Waals surface area (Å²) >= 11 is 3.39. The summed E-state index contributed by atoms with van der Waals surface area (Å²) in [6.07, 6.45) is -3.41. The monoisotopic (exact) mass is 539 g/mol. The van der Waals surface area contributed by atoms with E-state index in [0.29, 0.717) is 24.9 Å². The summed E-state index contributed by atoms with van der Waals surface area (Å²) in [5.74, 6) is -0.950. The second kappa shape index (κ2) is 9.58. The molecule has 6 nitrogen and oxygen atoms in total. The van der Waals surface area contributed by atoms with E-state index < -0.39 is 23.7 Å². The van der Waals surface area contributed by atoms with Gasteiger partial charge in [0.25, 0.3) is 0 Å². The fourth-order valence-corrected chi connectivity index (χ4v) is 4.58. The Hall–Kier alpha value is -2.59. The van der Waals surface area contributed by atoms with Gasteiger partial charge in [-0.25, -0.2) is 0 Å². The molecule has 2 fully saturated rings. The van der Waals surface area contributed by atoms with Crippen LogP contribution in [-0.2, 0) is 21.4 Å². The van der Waals surface area contributed by atoms with Gasteiger partial charge in [0.15, 0.2) is 0 Å². The Morgan fingerprint density at radius 2 is 1.74 bits per heavy atom. The van der Waals surface area contributed by atoms with Crippen molar-refractivity contribution in [1.29, 1.82) is 0 Å². The third-order valence-electron chi connectivity index (χ3n) is 6.43. The minimum absolute atomic E-state index is 0.203. The van der Waals surface area contributed by atoms with E-state index in [0.717, 1.165) is 23.1 Å². The summed E-state index contributed by atoms with van der Waals surface area (Å²) in [5.41, 5.74) is 6.39. The minimum atomic E-state index is -4.79. The smallest absolute Gasteiger partial charge is 0.406 e. The highest BCUT2D eigenvalue weighted by Crippen LogP contribution is 2.50. The van der Waals surface area contributed by atoms with Crippen molar-refractivity contribution in [3.05, 3.63) is 64.1 Å². The number of carbonyl (C=O) groups is 2. The van der Waals surface area contributed by atoms with Gasteiger partial charge in [-0.2, -0.15) is 0 Å². The van der Waals surface area contributed by atoms with E-state index in [1.54, 1.807) is 4.90 Å². The quantitative estimate of drug-likeness (QED) is 0.510. The van der Waals surface area contributed by atoms with Crippen molar-refractivity contribution < 1.29 is 27.5 Å². The third-order valence-corrected chi connectivity index (χ3v) is 6.96. The lowest BCUT2D eigenvalue weighted by Gasteiger charge is -2.38. The first-order chi connectivity index (χ1) is 16.1. The molecule has 0 radical (unpaired) electrons. The topological polar surface area (TPSA) is 84.7 Å². The zero-order chi connectivity index (χ0) is 24.5. The molecule has 3 N–H and O–H groups in total. The molecule has 1 aliphatic heterocycles. The van der Waals surface area contributed by atoms with Gasteiger partial charge in [-0.3, -0.25) is 9.59 Å². The molecular weight excluding hydrogens is 515 g/mol. The SMILES string of the molecule is NC(=O)[C@H](Cc1ccc(Br)cc1)N(CC1CNC1)C(=O)C1(c2ccc(OC(F)(F)F)cc2)CC1. The molecule has 0 unspecified atom stereocenters. The number of nitrogens with zero attached hydrogens (tertiary/aromatic N) is 1. The zero-order valence-electron chi connectivity index (χ0n) is 18.3. The zero-order valence-corrected chi connectivity index (χ0v) is 19.9. The summed E-state index contributed by atoms with van der Waals surface area (Å²) in [7, 11) is 0. The molecule has 4 rings (SSSR count). The van der Waals surface area contributed by atoms with Crippen LogP contribution in [0.15, 0.2) is 53.0 Å². The number of ether oxygens (including phenoxy) is 1. The van der Waals surface area contributed by atoms with Gasteiger partial charge in [-0.1, -0.05) is 40.2 Å². The van der Waals surface area contributed by atoms with Crippen LogP contribution in [0.25, 0.3) is 0 Å². The molecule has 1 atom stereocenters. The third kappa shape index (κ3) is 5.55. The summed E-state index contributed by atoms with van der Waals surface area (Å²) in [4.78, 5) is 28.0. The lowest BCUT2D eigenvalue weighted by atomic mass is 9.91. The van der Waals surface area contributed by atoms with Crippen LogP contribution >= 0.6 is 15.9 Å². The summed E-state index contributed by atoms with van der Waals surface area (Å²) in [6.45, 7) is 1.86. The maximum absolute atomic E-state index is 13.9. The van der Waals surface area contributed by atoms with E-state index >= 15 is 0 Å². The largest absolute Gasteiger partial charge is 0.573 e. The molecule has 10 heteroatoms. The van der Waals surface area contributed by atoms with Gasteiger partial charge in [0.05, 0.1) is 5.41 Å². The Labute approximate surface area is 203 Å². The van der Waals surface area contributed by atoms with Crippen molar-refractivity contribution in [3.8, 4) is 5.75 Å². The highest BCUT2D eigenvalue weighted by atomic mass is 79.9. The molecule has 0 aromatic heterocycles. The number of alkyl halides is 3. The fraction of sp³-hybridized carbons (Fsp3) is 0.417. The van der Waals surface area contributed by atoms with Crippen LogP contribution < -0.4 is 15.8 Å². The summed E-state index contributed by atoms with van der Waals surface area (Å²) in [5, 5.41) is 3.18. The number of carbonyl (C=O) groups excluding carboxylic acids is 2. The fourth-order valence-electron chi connectivity index (χ4n) is 4.32. The maximum Gasteiger partial charge on any atom is 0.573 e. The highest BCUT2D eigenvalue weighted by molar-refractivity contribution is 9.10. The molecule has 2 aliphatic rings. The summed E-state index contributed by atoms with van der Waals surface area (Å²) in [6, 6.07) is 12.0. The van der Waals surface area contributed by atoms with Crippen LogP contribution in [-0.4, -0.2) is 48.8 Å². The molecule has 1 saturated carbocycles. The average molecular weight is 540 g/mol. The van der Waals surface area contributed by atoms with Crippen molar-refractivity contribution >= 4 is 27.7 Å². The molecule has 1 aliphatic carbocycles. The molecule has 1 heterocycles. The van der Waals surface area contributed by atoms with Crippen molar-refractivity contribution in [2.45, 2.75) is 37.1 Å². The number of primary amides is 1. The van der Waals surface area contributed by atoms with Crippen molar-refractivity contribution in [3.63, 3.8) is 0 Å². The molecule has 1 saturated heterocycles. The van der Waals surface area contributed by atoms with Gasteiger partial charge >= 0.3 is 6.36 Å². The van der Waals surface area contributed by atoms with E-state index in [1.165, 1.54) is 24.3 Å². The molecule has 2 amide bonds. The Balaban J connectivity index is 1.59. The van der Waals surface area contributed by atoms with Crippen LogP contribution in [0.1, 0.15) is 24.0 Å². The molecule has 34 heavy (non-hydrogen) atoms. The predicted molar refractivity (Wildman–Crippen MR) is 123 cm³/mol. The highest BCUT2D eigenvalue weighted by Gasteiger charge is 2.54. The first-order valence-electron chi connectivity index (χ1n) is 11.0. The molecule has 0 spiro atoms. The van der Waals surface area contributed by atoms with Gasteiger partial charge in [-0.15, -0.1) is 13.2 Å². The van der Waals surface area contributed by atoms with Crippen LogP contribution in [0.2, 0.25) is 0 Å². The second-order valence-electron chi connectivity index (χ2n) is 8.88. The van der Waals surface area contributed by atoms with Crippen LogP contribution in [0.4, 0.5) is 13.2 Å². The Kier molecular flexibility index (Phi) is 6.91. The second-order valence-corrected chi connectivity index (χ2v) is 9.80. The number of nitrogens with two attached hydrogens (primary N) is 1. The Morgan fingerprint density at radius 1 is 1.12 bits per heavy atom. The minimum Gasteiger partial charge on any atom is -0.406 e. The van der Waals surface area contributed by atoms with Gasteiger partial charge in [0.2, 0.25) is 11.8 Å². The van der Waals surface area contributed by atoms with Crippen LogP contribution in [0.3, 0.4) is 0 Å². The molecule has 2 aromatic rings. The van der Waals surface area contributed by atoms with Crippen molar-refractivity contribution in [1.82, 2.24) is 10.2 Å². The van der Waals surface area contributed by atoms with E-state index in [9.17, 15) is 22.8 Å². The van der Waals surface area contributed by atoms with E-state index in [-0.39, 0.29) is 24.0 Å². The number of benzene rings is 2. The number of nitrogens with one attached hydrogen (secondary N) is 1. The van der Waals surface area contributed by atoms with Crippen LogP contribution in [0, 0.1) is 5.92 Å². The lowest BCUT2D eigenvalue weighted by Crippen LogP contribution is -2.57. The number of hydrogen-bond acceptors (Lipinski definition) is 4. The first kappa shape index (κ1) is 24.5. The number of rotatable bonds is 9.